The van der Waals surface area contributed by atoms with Crippen LogP contribution in [0.2, 0.25) is 0 Å². The average Bonchev–Trinajstić information content (AvgIpc) is 2.86. The number of amides is 4. The van der Waals surface area contributed by atoms with E-state index in [9.17, 15) is 33.9 Å². The zero-order valence-corrected chi connectivity index (χ0v) is 21.9. The molecule has 4 atom stereocenters. The lowest BCUT2D eigenvalue weighted by atomic mass is 10.0. The van der Waals surface area contributed by atoms with Gasteiger partial charge in [-0.3, -0.25) is 24.0 Å². The van der Waals surface area contributed by atoms with E-state index in [-0.39, 0.29) is 25.7 Å². The molecule has 0 radical (unpaired) electrons. The molecule has 1 rings (SSSR count). The van der Waals surface area contributed by atoms with Gasteiger partial charge in [-0.25, -0.2) is 4.79 Å². The minimum absolute atomic E-state index is 0.0381. The third-order valence-corrected chi connectivity index (χ3v) is 6.10. The Bertz CT molecular complexity index is 978. The van der Waals surface area contributed by atoms with Crippen molar-refractivity contribution in [1.82, 2.24) is 16.0 Å². The maximum atomic E-state index is 13.0. The third kappa shape index (κ3) is 12.5. The summed E-state index contributed by atoms with van der Waals surface area (Å²) < 4.78 is 0. The van der Waals surface area contributed by atoms with Crippen LogP contribution in [0.15, 0.2) is 30.3 Å². The molecule has 1 aromatic rings. The molecule has 210 valence electrons. The fraction of sp³-hybridized carbons (Fsp3) is 0.500. The van der Waals surface area contributed by atoms with Gasteiger partial charge in [-0.2, -0.15) is 11.8 Å². The molecule has 0 heterocycles. The van der Waals surface area contributed by atoms with Gasteiger partial charge in [0.15, 0.2) is 0 Å². The minimum Gasteiger partial charge on any atom is -0.481 e. The Morgan fingerprint density at radius 1 is 0.816 bits per heavy atom. The van der Waals surface area contributed by atoms with Crippen LogP contribution in [0, 0.1) is 0 Å². The first-order valence-electron chi connectivity index (χ1n) is 11.9. The molecule has 0 aliphatic carbocycles. The second-order valence-electron chi connectivity index (χ2n) is 8.54. The van der Waals surface area contributed by atoms with Crippen LogP contribution in [-0.4, -0.2) is 82.0 Å². The Hall–Kier alpha value is -3.65. The van der Waals surface area contributed by atoms with Crippen molar-refractivity contribution in [2.75, 3.05) is 12.0 Å². The summed E-state index contributed by atoms with van der Waals surface area (Å²) in [7, 11) is 0. The molecule has 38 heavy (non-hydrogen) atoms. The summed E-state index contributed by atoms with van der Waals surface area (Å²) in [5.74, 6) is -5.14. The highest BCUT2D eigenvalue weighted by Gasteiger charge is 2.31. The van der Waals surface area contributed by atoms with E-state index in [4.69, 9.17) is 16.6 Å². The monoisotopic (exact) mass is 553 g/mol. The summed E-state index contributed by atoms with van der Waals surface area (Å²) >= 11 is 1.47. The molecule has 0 fully saturated rings. The number of carboxylic acids is 2. The largest absolute Gasteiger partial charge is 0.481 e. The highest BCUT2D eigenvalue weighted by Crippen LogP contribution is 2.07. The van der Waals surface area contributed by atoms with Crippen molar-refractivity contribution >= 4 is 47.3 Å². The number of benzene rings is 1. The number of hydrogen-bond donors (Lipinski definition) is 7. The highest BCUT2D eigenvalue weighted by atomic mass is 32.2. The Balaban J connectivity index is 3.04. The first-order valence-corrected chi connectivity index (χ1v) is 13.3. The van der Waals surface area contributed by atoms with Gasteiger partial charge in [0.2, 0.25) is 23.6 Å². The molecule has 1 aromatic carbocycles. The van der Waals surface area contributed by atoms with Crippen molar-refractivity contribution in [3.8, 4) is 0 Å². The standard InChI is InChI=1S/C24H35N5O8S/c1-38-12-11-15(25)21(33)27-17(8-10-20(31)32)22(34)28-16(7-9-19(26)30)23(35)29-18(24(36)37)13-14-5-3-2-4-6-14/h2-6,15-18H,7-13,25H2,1H3,(H2,26,30)(H,27,33)(H,28,34)(H,29,35)(H,31,32)(H,36,37). The van der Waals surface area contributed by atoms with Gasteiger partial charge in [0, 0.05) is 19.3 Å². The molecule has 13 nitrogen and oxygen atoms in total. The summed E-state index contributed by atoms with van der Waals surface area (Å²) in [6, 6.07) is 3.55. The topological polar surface area (TPSA) is 231 Å². The van der Waals surface area contributed by atoms with Crippen LogP contribution in [0.4, 0.5) is 0 Å². The fourth-order valence-electron chi connectivity index (χ4n) is 3.34. The molecule has 0 aliphatic heterocycles. The molecule has 0 aromatic heterocycles. The normalized spacial score (nSPS) is 13.8. The van der Waals surface area contributed by atoms with E-state index in [1.54, 1.807) is 30.3 Å². The van der Waals surface area contributed by atoms with E-state index >= 15 is 0 Å². The minimum atomic E-state index is -1.39. The van der Waals surface area contributed by atoms with E-state index in [0.717, 1.165) is 0 Å². The molecule has 0 saturated heterocycles. The molecule has 4 amide bonds. The molecule has 0 bridgehead atoms. The molecule has 9 N–H and O–H groups in total. The molecular weight excluding hydrogens is 518 g/mol. The SMILES string of the molecule is CSCCC(N)C(=O)NC(CCC(=O)O)C(=O)NC(CCC(N)=O)C(=O)NC(Cc1ccccc1)C(=O)O. The predicted molar refractivity (Wildman–Crippen MR) is 140 cm³/mol. The van der Waals surface area contributed by atoms with Crippen LogP contribution in [0.25, 0.3) is 0 Å². The van der Waals surface area contributed by atoms with Gasteiger partial charge in [-0.1, -0.05) is 30.3 Å². The Labute approximate surface area is 224 Å². The van der Waals surface area contributed by atoms with E-state index in [2.05, 4.69) is 16.0 Å². The predicted octanol–water partition coefficient (Wildman–Crippen LogP) is -1.02. The number of thioether (sulfide) groups is 1. The van der Waals surface area contributed by atoms with E-state index in [0.29, 0.717) is 17.7 Å². The lowest BCUT2D eigenvalue weighted by Crippen LogP contribution is -2.57. The number of carbonyl (C=O) groups is 6. The molecule has 0 saturated carbocycles. The molecule has 0 spiro atoms. The van der Waals surface area contributed by atoms with Gasteiger partial charge in [0.05, 0.1) is 6.04 Å². The zero-order valence-electron chi connectivity index (χ0n) is 21.1. The van der Waals surface area contributed by atoms with Crippen molar-refractivity contribution < 1.29 is 39.0 Å². The van der Waals surface area contributed by atoms with E-state index in [1.165, 1.54) is 11.8 Å². The summed E-state index contributed by atoms with van der Waals surface area (Å²) in [4.78, 5) is 72.7. The molecule has 0 aliphatic rings. The van der Waals surface area contributed by atoms with Gasteiger partial charge in [-0.05, 0) is 36.8 Å². The number of hydrogen-bond acceptors (Lipinski definition) is 8. The molecular formula is C24H35N5O8S. The zero-order chi connectivity index (χ0) is 28.7. The summed E-state index contributed by atoms with van der Waals surface area (Å²) in [5.41, 5.74) is 11.7. The Morgan fingerprint density at radius 3 is 1.84 bits per heavy atom. The van der Waals surface area contributed by atoms with Gasteiger partial charge in [0.1, 0.15) is 18.1 Å². The third-order valence-electron chi connectivity index (χ3n) is 5.46. The first-order chi connectivity index (χ1) is 17.9. The molecule has 14 heteroatoms. The lowest BCUT2D eigenvalue weighted by molar-refractivity contribution is -0.142. The number of nitrogens with two attached hydrogens (primary N) is 2. The van der Waals surface area contributed by atoms with Crippen LogP contribution in [-0.2, 0) is 35.2 Å². The molecule has 4 unspecified atom stereocenters. The van der Waals surface area contributed by atoms with Crippen molar-refractivity contribution in [1.29, 1.82) is 0 Å². The summed E-state index contributed by atoms with van der Waals surface area (Å²) in [6.45, 7) is 0. The van der Waals surface area contributed by atoms with Gasteiger partial charge < -0.3 is 37.6 Å². The van der Waals surface area contributed by atoms with Crippen molar-refractivity contribution in [2.24, 2.45) is 11.5 Å². The smallest absolute Gasteiger partial charge is 0.326 e. The highest BCUT2D eigenvalue weighted by molar-refractivity contribution is 7.98. The average molecular weight is 554 g/mol. The number of rotatable bonds is 18. The second-order valence-corrected chi connectivity index (χ2v) is 9.52. The van der Waals surface area contributed by atoms with Crippen LogP contribution >= 0.6 is 11.8 Å². The summed E-state index contributed by atoms with van der Waals surface area (Å²) in [5, 5.41) is 25.8. The van der Waals surface area contributed by atoms with Crippen molar-refractivity contribution in [2.45, 2.75) is 62.7 Å². The van der Waals surface area contributed by atoms with Crippen LogP contribution in [0.1, 0.15) is 37.7 Å². The van der Waals surface area contributed by atoms with E-state index < -0.39 is 66.2 Å². The summed E-state index contributed by atoms with van der Waals surface area (Å²) in [6.07, 6.45) is 0.802. The number of primary amides is 1. The maximum Gasteiger partial charge on any atom is 0.326 e. The fourth-order valence-corrected chi connectivity index (χ4v) is 3.83. The number of nitrogens with one attached hydrogen (secondary N) is 3. The Kier molecular flexibility index (Phi) is 14.5. The number of carboxylic acid groups (broad SMARTS) is 2. The van der Waals surface area contributed by atoms with Crippen molar-refractivity contribution in [3.63, 3.8) is 0 Å². The number of carbonyl (C=O) groups excluding carboxylic acids is 4. The Morgan fingerprint density at radius 2 is 1.34 bits per heavy atom. The lowest BCUT2D eigenvalue weighted by Gasteiger charge is -2.25. The maximum absolute atomic E-state index is 13.0. The first kappa shape index (κ1) is 32.4. The second kappa shape index (κ2) is 17.0. The van der Waals surface area contributed by atoms with Gasteiger partial charge in [0.25, 0.3) is 0 Å². The van der Waals surface area contributed by atoms with E-state index in [1.807, 2.05) is 6.26 Å². The quantitative estimate of drug-likeness (QED) is 0.117. The van der Waals surface area contributed by atoms with Gasteiger partial charge >= 0.3 is 11.9 Å². The van der Waals surface area contributed by atoms with Crippen LogP contribution in [0.5, 0.6) is 0 Å². The number of aliphatic carboxylic acids is 2. The van der Waals surface area contributed by atoms with Gasteiger partial charge in [-0.15, -0.1) is 0 Å². The van der Waals surface area contributed by atoms with Crippen LogP contribution < -0.4 is 27.4 Å². The van der Waals surface area contributed by atoms with Crippen LogP contribution in [0.3, 0.4) is 0 Å². The van der Waals surface area contributed by atoms with Crippen molar-refractivity contribution in [3.05, 3.63) is 35.9 Å².